The van der Waals surface area contributed by atoms with Gasteiger partial charge in [0, 0.05) is 79.2 Å². The van der Waals surface area contributed by atoms with E-state index in [4.69, 9.17) is 14.7 Å². The molecule has 1 amide bonds. The number of aromatic amines is 1. The smallest absolute Gasteiger partial charge is 0.422 e. The Morgan fingerprint density at radius 1 is 1.06 bits per heavy atom. The molecule has 3 fully saturated rings. The van der Waals surface area contributed by atoms with Gasteiger partial charge < -0.3 is 14.5 Å². The number of rotatable bonds is 9. The molecule has 5 aromatic rings. The average Bonchev–Trinajstić information content (AvgIpc) is 3.80. The Labute approximate surface area is 311 Å². The first-order valence-corrected chi connectivity index (χ1v) is 18.4. The van der Waals surface area contributed by atoms with E-state index in [2.05, 4.69) is 38.3 Å². The largest absolute Gasteiger partial charge is 0.481 e. The number of fused-ring (bicyclic) bond motifs is 2. The van der Waals surface area contributed by atoms with Crippen LogP contribution in [-0.4, -0.2) is 97.7 Å². The van der Waals surface area contributed by atoms with Crippen molar-refractivity contribution >= 4 is 39.6 Å². The highest BCUT2D eigenvalue weighted by molar-refractivity contribution is 6.07. The molecule has 282 valence electrons. The number of aryl methyl sites for hydroxylation is 2. The lowest BCUT2D eigenvalue weighted by Crippen LogP contribution is -2.61. The Bertz CT molecular complexity index is 2240. The molecule has 3 saturated heterocycles. The number of anilines is 1. The highest BCUT2D eigenvalue weighted by Crippen LogP contribution is 2.48. The molecule has 3 aliphatic heterocycles. The van der Waals surface area contributed by atoms with Crippen LogP contribution < -0.4 is 9.64 Å². The second kappa shape index (κ2) is 13.9. The molecule has 54 heavy (non-hydrogen) atoms. The van der Waals surface area contributed by atoms with Gasteiger partial charge in [-0.25, -0.2) is 9.97 Å². The number of likely N-dealkylation sites (tertiary alicyclic amines) is 2. The van der Waals surface area contributed by atoms with Gasteiger partial charge in [-0.05, 0) is 80.6 Å². The molecule has 0 bridgehead atoms. The van der Waals surface area contributed by atoms with Crippen LogP contribution in [0.5, 0.6) is 5.75 Å². The first-order chi connectivity index (χ1) is 25.9. The quantitative estimate of drug-likeness (QED) is 0.165. The fourth-order valence-corrected chi connectivity index (χ4v) is 8.57. The van der Waals surface area contributed by atoms with Crippen LogP contribution in [0.2, 0.25) is 0 Å². The lowest BCUT2D eigenvalue weighted by molar-refractivity contribution is -0.153. The van der Waals surface area contributed by atoms with Gasteiger partial charge in [-0.1, -0.05) is 25.3 Å². The summed E-state index contributed by atoms with van der Waals surface area (Å²) in [7, 11) is 1.91. The Balaban J connectivity index is 1.24. The van der Waals surface area contributed by atoms with Crippen LogP contribution in [0.15, 0.2) is 56.0 Å². The van der Waals surface area contributed by atoms with E-state index < -0.39 is 12.8 Å². The summed E-state index contributed by atoms with van der Waals surface area (Å²) < 4.78 is 49.8. The summed E-state index contributed by atoms with van der Waals surface area (Å²) in [6.45, 7) is 13.4. The summed E-state index contributed by atoms with van der Waals surface area (Å²) in [6, 6.07) is 5.78. The van der Waals surface area contributed by atoms with Crippen LogP contribution in [-0.2, 0) is 18.4 Å². The summed E-state index contributed by atoms with van der Waals surface area (Å²) >= 11 is 0. The third-order valence-electron chi connectivity index (χ3n) is 11.4. The third kappa shape index (κ3) is 6.71. The van der Waals surface area contributed by atoms with E-state index in [1.54, 1.807) is 17.0 Å². The Kier molecular flexibility index (Phi) is 9.19. The summed E-state index contributed by atoms with van der Waals surface area (Å²) in [6.07, 6.45) is 7.33. The molecule has 3 aromatic heterocycles. The Hall–Kier alpha value is -5.24. The molecule has 3 aliphatic rings. The molecule has 2 aromatic carbocycles. The van der Waals surface area contributed by atoms with E-state index >= 15 is 0 Å². The van der Waals surface area contributed by atoms with Crippen LogP contribution >= 0.6 is 0 Å². The van der Waals surface area contributed by atoms with E-state index in [0.717, 1.165) is 67.3 Å². The molecular formula is C40H44F3N9O2. The van der Waals surface area contributed by atoms with Crippen molar-refractivity contribution in [2.45, 2.75) is 51.2 Å². The zero-order chi connectivity index (χ0) is 37.8. The van der Waals surface area contributed by atoms with Gasteiger partial charge in [-0.15, -0.1) is 0 Å². The number of hydrogen-bond acceptors (Lipinski definition) is 8. The van der Waals surface area contributed by atoms with Gasteiger partial charge in [0.1, 0.15) is 17.2 Å². The van der Waals surface area contributed by atoms with Crippen LogP contribution in [0.4, 0.5) is 19.0 Å². The van der Waals surface area contributed by atoms with Crippen molar-refractivity contribution in [3.8, 4) is 16.9 Å². The van der Waals surface area contributed by atoms with Crippen LogP contribution in [0.1, 0.15) is 54.1 Å². The molecule has 0 aliphatic carbocycles. The standard InChI is InChI=1S/C40H44F3N9O2/c1-5-27-17-29-35(36(54-24-40(41,42)43)34(27)33-25(3)7-8-31-30(33)19-44-48-31)46-37(28-9-13-50(14-10-28)21-26-18-45-49(4)20-26)47-38(29)51-15-11-39(12-16-51)22-52(23-39)32(53)6-2/h5-8,17-20,28H,1-2,9-16,21-24H2,3-4H3,(H,44,48). The second-order valence-corrected chi connectivity index (χ2v) is 15.1. The number of hydrogen-bond donors (Lipinski definition) is 1. The minimum atomic E-state index is -4.59. The minimum Gasteiger partial charge on any atom is -0.481 e. The molecule has 14 heteroatoms. The summed E-state index contributed by atoms with van der Waals surface area (Å²) in [5, 5.41) is 12.9. The number of carbonyl (C=O) groups is 1. The van der Waals surface area contributed by atoms with Crippen molar-refractivity contribution in [1.29, 1.82) is 0 Å². The molecule has 0 atom stereocenters. The third-order valence-corrected chi connectivity index (χ3v) is 11.4. The van der Waals surface area contributed by atoms with Crippen LogP contribution in [0, 0.1) is 12.3 Å². The lowest BCUT2D eigenvalue weighted by Gasteiger charge is -2.54. The number of piperidine rings is 2. The number of H-pyrrole nitrogens is 1. The molecule has 0 unspecified atom stereocenters. The first kappa shape index (κ1) is 35.8. The van der Waals surface area contributed by atoms with Crippen LogP contribution in [0.25, 0.3) is 39.0 Å². The van der Waals surface area contributed by atoms with Gasteiger partial charge >= 0.3 is 6.18 Å². The predicted octanol–water partition coefficient (Wildman–Crippen LogP) is 6.79. The van der Waals surface area contributed by atoms with E-state index in [-0.39, 0.29) is 23.0 Å². The first-order valence-electron chi connectivity index (χ1n) is 18.4. The zero-order valence-electron chi connectivity index (χ0n) is 30.6. The molecule has 8 rings (SSSR count). The molecule has 0 radical (unpaired) electrons. The van der Waals surface area contributed by atoms with E-state index in [1.807, 2.05) is 49.5 Å². The van der Waals surface area contributed by atoms with E-state index in [9.17, 15) is 18.0 Å². The van der Waals surface area contributed by atoms with Gasteiger partial charge in [0.25, 0.3) is 0 Å². The number of amides is 1. The zero-order valence-corrected chi connectivity index (χ0v) is 30.6. The second-order valence-electron chi connectivity index (χ2n) is 15.1. The predicted molar refractivity (Wildman–Crippen MR) is 202 cm³/mol. The van der Waals surface area contributed by atoms with Gasteiger partial charge in [-0.3, -0.25) is 19.5 Å². The summed E-state index contributed by atoms with van der Waals surface area (Å²) in [5.41, 5.74) is 4.95. The highest BCUT2D eigenvalue weighted by atomic mass is 19.4. The summed E-state index contributed by atoms with van der Waals surface area (Å²) in [4.78, 5) is 29.1. The number of benzene rings is 2. The fraction of sp³-hybridized carbons (Fsp3) is 0.425. The van der Waals surface area contributed by atoms with Crippen molar-refractivity contribution in [2.24, 2.45) is 12.5 Å². The minimum absolute atomic E-state index is 0.00317. The molecule has 1 spiro atoms. The average molecular weight is 740 g/mol. The van der Waals surface area contributed by atoms with Gasteiger partial charge in [0.15, 0.2) is 12.4 Å². The molecule has 1 N–H and O–H groups in total. The number of nitrogens with zero attached hydrogens (tertiary/aromatic N) is 8. The van der Waals surface area contributed by atoms with Crippen molar-refractivity contribution in [2.75, 3.05) is 50.8 Å². The number of nitrogens with one attached hydrogen (secondary N) is 1. The Morgan fingerprint density at radius 2 is 1.81 bits per heavy atom. The number of halogens is 3. The molecule has 11 nitrogen and oxygen atoms in total. The molecule has 0 saturated carbocycles. The fourth-order valence-electron chi connectivity index (χ4n) is 8.57. The summed E-state index contributed by atoms with van der Waals surface area (Å²) in [5.74, 6) is 1.29. The van der Waals surface area contributed by atoms with E-state index in [1.165, 1.54) is 6.08 Å². The highest BCUT2D eigenvalue weighted by Gasteiger charge is 2.46. The van der Waals surface area contributed by atoms with Crippen molar-refractivity contribution in [1.82, 2.24) is 39.7 Å². The van der Waals surface area contributed by atoms with Crippen molar-refractivity contribution < 1.29 is 22.7 Å². The van der Waals surface area contributed by atoms with Crippen LogP contribution in [0.3, 0.4) is 0 Å². The molecule has 6 heterocycles. The number of ether oxygens (including phenoxy) is 1. The van der Waals surface area contributed by atoms with Crippen molar-refractivity contribution in [3.05, 3.63) is 78.5 Å². The maximum Gasteiger partial charge on any atom is 0.422 e. The normalized spacial score (nSPS) is 18.0. The van der Waals surface area contributed by atoms with E-state index in [0.29, 0.717) is 65.4 Å². The lowest BCUT2D eigenvalue weighted by atomic mass is 9.72. The monoisotopic (exact) mass is 739 g/mol. The maximum atomic E-state index is 14.0. The van der Waals surface area contributed by atoms with Gasteiger partial charge in [-0.2, -0.15) is 23.4 Å². The van der Waals surface area contributed by atoms with Crippen molar-refractivity contribution in [3.63, 3.8) is 0 Å². The van der Waals surface area contributed by atoms with Gasteiger partial charge in [0.05, 0.1) is 17.9 Å². The topological polar surface area (TPSA) is 108 Å². The van der Waals surface area contributed by atoms with Gasteiger partial charge in [0.2, 0.25) is 5.91 Å². The maximum absolute atomic E-state index is 14.0. The molecular weight excluding hydrogens is 695 g/mol. The number of carbonyl (C=O) groups excluding carboxylic acids is 1. The Morgan fingerprint density at radius 3 is 2.48 bits per heavy atom. The number of aromatic nitrogens is 6. The SMILES string of the molecule is C=CC(=O)N1CC2(CCN(c3nc(C4CCN(Cc5cnn(C)c5)CC4)nc4c(OCC(F)(F)F)c(-c5c(C)ccc6[nH]ncc56)c(C=C)cc34)CC2)C1. The number of alkyl halides is 3.